The lowest BCUT2D eigenvalue weighted by atomic mass is 10.2. The Balaban J connectivity index is 2.66. The Morgan fingerprint density at radius 1 is 1.13 bits per heavy atom. The summed E-state index contributed by atoms with van der Waals surface area (Å²) in [5.74, 6) is 0.611. The molecule has 0 saturated heterocycles. The van der Waals surface area contributed by atoms with Crippen LogP contribution in [0.4, 0.5) is 0 Å². The fraction of sp³-hybridized carbons (Fsp3) is 0.182. The summed E-state index contributed by atoms with van der Waals surface area (Å²) in [6.07, 6.45) is 0. The molecular weight excluding hydrogens is 190 g/mol. The molecule has 0 bridgehead atoms. The summed E-state index contributed by atoms with van der Waals surface area (Å²) in [5, 5.41) is 7.85. The molecule has 2 rings (SSSR count). The van der Waals surface area contributed by atoms with Gasteiger partial charge in [-0.3, -0.25) is 9.36 Å². The second-order valence-electron chi connectivity index (χ2n) is 3.33. The molecule has 0 atom stereocenters. The van der Waals surface area contributed by atoms with Gasteiger partial charge in [-0.1, -0.05) is 30.3 Å². The standard InChI is InChI=1S/C11H11N3O/c1-8-12-13-10(11(15)14(8)2)9-6-4-3-5-7-9/h3-7H,1-2H3. The normalized spacial score (nSPS) is 10.3. The first-order chi connectivity index (χ1) is 7.20. The molecule has 0 N–H and O–H groups in total. The second-order valence-corrected chi connectivity index (χ2v) is 3.33. The topological polar surface area (TPSA) is 47.8 Å². The summed E-state index contributed by atoms with van der Waals surface area (Å²) in [7, 11) is 1.69. The van der Waals surface area contributed by atoms with E-state index in [1.54, 1.807) is 14.0 Å². The molecule has 0 aliphatic carbocycles. The summed E-state index contributed by atoms with van der Waals surface area (Å²) in [5.41, 5.74) is 1.07. The number of benzene rings is 1. The van der Waals surface area contributed by atoms with Crippen LogP contribution < -0.4 is 5.56 Å². The van der Waals surface area contributed by atoms with Gasteiger partial charge in [0, 0.05) is 12.6 Å². The van der Waals surface area contributed by atoms with Gasteiger partial charge in [0.2, 0.25) is 0 Å². The van der Waals surface area contributed by atoms with E-state index in [0.29, 0.717) is 11.5 Å². The summed E-state index contributed by atoms with van der Waals surface area (Å²) in [6, 6.07) is 9.34. The van der Waals surface area contributed by atoms with Gasteiger partial charge in [0.05, 0.1) is 0 Å². The summed E-state index contributed by atoms with van der Waals surface area (Å²) < 4.78 is 1.50. The van der Waals surface area contributed by atoms with Crippen molar-refractivity contribution in [1.82, 2.24) is 14.8 Å². The Morgan fingerprint density at radius 3 is 2.47 bits per heavy atom. The SMILES string of the molecule is Cc1nnc(-c2ccccc2)c(=O)n1C. The van der Waals surface area contributed by atoms with Crippen LogP contribution in [0.3, 0.4) is 0 Å². The molecule has 0 fully saturated rings. The highest BCUT2D eigenvalue weighted by Crippen LogP contribution is 2.10. The van der Waals surface area contributed by atoms with Crippen molar-refractivity contribution in [2.24, 2.45) is 7.05 Å². The minimum atomic E-state index is -0.117. The molecule has 0 saturated carbocycles. The predicted molar refractivity (Wildman–Crippen MR) is 57.4 cm³/mol. The highest BCUT2D eigenvalue weighted by molar-refractivity contribution is 5.56. The molecule has 1 aromatic carbocycles. The largest absolute Gasteiger partial charge is 0.297 e. The molecule has 0 unspecified atom stereocenters. The molecule has 4 nitrogen and oxygen atoms in total. The van der Waals surface area contributed by atoms with Crippen molar-refractivity contribution in [3.8, 4) is 11.3 Å². The van der Waals surface area contributed by atoms with Crippen LogP contribution in [0.5, 0.6) is 0 Å². The van der Waals surface area contributed by atoms with Gasteiger partial charge < -0.3 is 0 Å². The van der Waals surface area contributed by atoms with Crippen molar-refractivity contribution >= 4 is 0 Å². The maximum atomic E-state index is 11.9. The summed E-state index contributed by atoms with van der Waals surface area (Å²) in [6.45, 7) is 1.75. The average Bonchev–Trinajstić information content (AvgIpc) is 2.27. The van der Waals surface area contributed by atoms with Gasteiger partial charge in [0.1, 0.15) is 5.82 Å². The van der Waals surface area contributed by atoms with E-state index in [-0.39, 0.29) is 5.56 Å². The smallest absolute Gasteiger partial charge is 0.280 e. The minimum absolute atomic E-state index is 0.117. The zero-order chi connectivity index (χ0) is 10.8. The Bertz CT molecular complexity index is 531. The maximum Gasteiger partial charge on any atom is 0.280 e. The molecule has 0 amide bonds. The highest BCUT2D eigenvalue weighted by Gasteiger charge is 2.07. The van der Waals surface area contributed by atoms with Crippen molar-refractivity contribution in [2.45, 2.75) is 6.92 Å². The molecule has 0 radical (unpaired) electrons. The summed E-state index contributed by atoms with van der Waals surface area (Å²) in [4.78, 5) is 11.9. The molecule has 0 aliphatic heterocycles. The van der Waals surface area contributed by atoms with Gasteiger partial charge >= 0.3 is 0 Å². The van der Waals surface area contributed by atoms with Gasteiger partial charge in [0.15, 0.2) is 5.69 Å². The summed E-state index contributed by atoms with van der Waals surface area (Å²) >= 11 is 0. The average molecular weight is 201 g/mol. The van der Waals surface area contributed by atoms with Crippen molar-refractivity contribution in [2.75, 3.05) is 0 Å². The molecule has 0 aliphatic rings. The van der Waals surface area contributed by atoms with E-state index in [1.165, 1.54) is 4.57 Å². The highest BCUT2D eigenvalue weighted by atomic mass is 16.1. The fourth-order valence-corrected chi connectivity index (χ4v) is 1.32. The third-order valence-corrected chi connectivity index (χ3v) is 2.33. The first-order valence-electron chi connectivity index (χ1n) is 4.66. The Morgan fingerprint density at radius 2 is 1.80 bits per heavy atom. The van der Waals surface area contributed by atoms with E-state index < -0.39 is 0 Å². The molecule has 15 heavy (non-hydrogen) atoms. The van der Waals surface area contributed by atoms with Crippen LogP contribution in [-0.4, -0.2) is 14.8 Å². The van der Waals surface area contributed by atoms with E-state index in [2.05, 4.69) is 10.2 Å². The van der Waals surface area contributed by atoms with Crippen LogP contribution in [0.15, 0.2) is 35.1 Å². The minimum Gasteiger partial charge on any atom is -0.297 e. The third kappa shape index (κ3) is 1.66. The van der Waals surface area contributed by atoms with Crippen LogP contribution >= 0.6 is 0 Å². The van der Waals surface area contributed by atoms with Crippen molar-refractivity contribution < 1.29 is 0 Å². The first kappa shape index (κ1) is 9.58. The maximum absolute atomic E-state index is 11.9. The van der Waals surface area contributed by atoms with Crippen LogP contribution in [-0.2, 0) is 7.05 Å². The van der Waals surface area contributed by atoms with Crippen LogP contribution in [0, 0.1) is 6.92 Å². The number of rotatable bonds is 1. The Kier molecular flexibility index (Phi) is 2.33. The van der Waals surface area contributed by atoms with E-state index >= 15 is 0 Å². The predicted octanol–water partition coefficient (Wildman–Crippen LogP) is 1.15. The lowest BCUT2D eigenvalue weighted by Gasteiger charge is -2.03. The van der Waals surface area contributed by atoms with Gasteiger partial charge in [-0.2, -0.15) is 0 Å². The molecular formula is C11H11N3O. The fourth-order valence-electron chi connectivity index (χ4n) is 1.32. The lowest BCUT2D eigenvalue weighted by Crippen LogP contribution is -2.23. The molecule has 4 heteroatoms. The number of hydrogen-bond acceptors (Lipinski definition) is 3. The zero-order valence-electron chi connectivity index (χ0n) is 8.64. The second kappa shape index (κ2) is 3.65. The lowest BCUT2D eigenvalue weighted by molar-refractivity contribution is 0.732. The van der Waals surface area contributed by atoms with Gasteiger partial charge in [-0.15, -0.1) is 10.2 Å². The number of aryl methyl sites for hydroxylation is 1. The van der Waals surface area contributed by atoms with Gasteiger partial charge in [0.25, 0.3) is 5.56 Å². The molecule has 0 spiro atoms. The van der Waals surface area contributed by atoms with Gasteiger partial charge in [-0.25, -0.2) is 0 Å². The Labute approximate surface area is 87.2 Å². The van der Waals surface area contributed by atoms with Crippen LogP contribution in [0.2, 0.25) is 0 Å². The van der Waals surface area contributed by atoms with Gasteiger partial charge in [-0.05, 0) is 6.92 Å². The molecule has 2 aromatic rings. The van der Waals surface area contributed by atoms with Crippen LogP contribution in [0.25, 0.3) is 11.3 Å². The number of nitrogens with zero attached hydrogens (tertiary/aromatic N) is 3. The van der Waals surface area contributed by atoms with Crippen molar-refractivity contribution in [3.63, 3.8) is 0 Å². The molecule has 1 aromatic heterocycles. The van der Waals surface area contributed by atoms with E-state index in [0.717, 1.165) is 5.56 Å². The van der Waals surface area contributed by atoms with E-state index in [4.69, 9.17) is 0 Å². The first-order valence-corrected chi connectivity index (χ1v) is 4.66. The Hall–Kier alpha value is -1.97. The number of hydrogen-bond donors (Lipinski definition) is 0. The quantitative estimate of drug-likeness (QED) is 0.695. The van der Waals surface area contributed by atoms with E-state index in [1.807, 2.05) is 30.3 Å². The molecule has 1 heterocycles. The zero-order valence-corrected chi connectivity index (χ0v) is 8.64. The van der Waals surface area contributed by atoms with Crippen molar-refractivity contribution in [1.29, 1.82) is 0 Å². The number of aromatic nitrogens is 3. The van der Waals surface area contributed by atoms with E-state index in [9.17, 15) is 4.79 Å². The monoisotopic (exact) mass is 201 g/mol. The van der Waals surface area contributed by atoms with Crippen molar-refractivity contribution in [3.05, 3.63) is 46.5 Å². The third-order valence-electron chi connectivity index (χ3n) is 2.33. The van der Waals surface area contributed by atoms with Crippen LogP contribution in [0.1, 0.15) is 5.82 Å². The molecule has 76 valence electrons.